The Balaban J connectivity index is 1.59. The average Bonchev–Trinajstić information content (AvgIpc) is 3.09. The first kappa shape index (κ1) is 20.6. The molecule has 2 heterocycles. The Kier molecular flexibility index (Phi) is 5.37. The number of allylic oxidation sites excluding steroid dienone is 2. The van der Waals surface area contributed by atoms with Crippen molar-refractivity contribution in [3.05, 3.63) is 98.0 Å². The van der Waals surface area contributed by atoms with Crippen molar-refractivity contribution < 1.29 is 4.74 Å². The molecule has 5 rings (SSSR count). The fraction of sp³-hybridized carbons (Fsp3) is 0.385. The summed E-state index contributed by atoms with van der Waals surface area (Å²) in [5, 5.41) is 0. The standard InChI is InChI=1S/C26H29N3O3/c1-3-18-10-12-19(13-11-18)20-14-15-22-23(16-20)29-26(31)28(21-8-6-5-7-9-21)25(30)27(29)17-24(22)32-4-2/h5-13,20,23H,3-4,14-17H2,1-2H3/t20-,23+/m0/s1. The summed E-state index contributed by atoms with van der Waals surface area (Å²) in [6.45, 7) is 4.98. The van der Waals surface area contributed by atoms with Gasteiger partial charge in [0.1, 0.15) is 12.3 Å². The molecule has 1 aromatic heterocycles. The predicted octanol–water partition coefficient (Wildman–Crippen LogP) is 4.18. The van der Waals surface area contributed by atoms with Crippen LogP contribution in [0.1, 0.15) is 56.2 Å². The first-order valence-corrected chi connectivity index (χ1v) is 11.6. The molecule has 3 aromatic rings. The van der Waals surface area contributed by atoms with Gasteiger partial charge in [-0.05, 0) is 67.4 Å². The Morgan fingerprint density at radius 3 is 2.41 bits per heavy atom. The number of aromatic nitrogens is 3. The second-order valence-corrected chi connectivity index (χ2v) is 8.60. The average molecular weight is 432 g/mol. The molecular formula is C26H29N3O3. The third-order valence-electron chi connectivity index (χ3n) is 6.87. The molecule has 2 aliphatic rings. The van der Waals surface area contributed by atoms with Gasteiger partial charge in [-0.15, -0.1) is 0 Å². The molecule has 32 heavy (non-hydrogen) atoms. The lowest BCUT2D eigenvalue weighted by molar-refractivity contribution is 0.168. The zero-order valence-electron chi connectivity index (χ0n) is 18.7. The lowest BCUT2D eigenvalue weighted by atomic mass is 9.77. The van der Waals surface area contributed by atoms with Crippen LogP contribution < -0.4 is 11.4 Å². The van der Waals surface area contributed by atoms with Crippen LogP contribution in [-0.4, -0.2) is 20.5 Å². The second kappa shape index (κ2) is 8.34. The van der Waals surface area contributed by atoms with Crippen molar-refractivity contribution in [3.8, 4) is 5.69 Å². The van der Waals surface area contributed by atoms with Crippen LogP contribution >= 0.6 is 0 Å². The number of ether oxygens (including phenoxy) is 1. The molecule has 0 radical (unpaired) electrons. The van der Waals surface area contributed by atoms with E-state index in [0.717, 1.165) is 31.4 Å². The van der Waals surface area contributed by atoms with Crippen LogP contribution in [0.5, 0.6) is 0 Å². The van der Waals surface area contributed by atoms with Crippen LogP contribution in [0.2, 0.25) is 0 Å². The summed E-state index contributed by atoms with van der Waals surface area (Å²) in [6, 6.07) is 17.8. The first-order chi connectivity index (χ1) is 15.6. The lowest BCUT2D eigenvalue weighted by Crippen LogP contribution is -2.39. The molecule has 2 aromatic carbocycles. The minimum absolute atomic E-state index is 0.167. The lowest BCUT2D eigenvalue weighted by Gasteiger charge is -2.37. The quantitative estimate of drug-likeness (QED) is 0.609. The normalized spacial score (nSPS) is 20.1. The molecule has 0 unspecified atom stereocenters. The zero-order chi connectivity index (χ0) is 22.2. The summed E-state index contributed by atoms with van der Waals surface area (Å²) in [6.07, 6.45) is 3.70. The van der Waals surface area contributed by atoms with E-state index in [0.29, 0.717) is 24.8 Å². The van der Waals surface area contributed by atoms with Gasteiger partial charge in [-0.1, -0.05) is 49.4 Å². The van der Waals surface area contributed by atoms with E-state index in [1.54, 1.807) is 21.5 Å². The van der Waals surface area contributed by atoms with Crippen LogP contribution in [0.4, 0.5) is 0 Å². The maximum atomic E-state index is 13.5. The zero-order valence-corrected chi connectivity index (χ0v) is 18.7. The van der Waals surface area contributed by atoms with E-state index in [1.807, 2.05) is 25.1 Å². The third kappa shape index (κ3) is 3.34. The Bertz CT molecular complexity index is 1260. The second-order valence-electron chi connectivity index (χ2n) is 8.60. The molecule has 0 spiro atoms. The van der Waals surface area contributed by atoms with Crippen molar-refractivity contribution in [1.82, 2.24) is 13.9 Å². The van der Waals surface area contributed by atoms with Crippen LogP contribution in [0.3, 0.4) is 0 Å². The Labute approximate surface area is 187 Å². The van der Waals surface area contributed by atoms with Gasteiger partial charge in [-0.3, -0.25) is 0 Å². The number of benzene rings is 2. The Hall–Kier alpha value is -3.28. The molecule has 1 aliphatic carbocycles. The number of rotatable bonds is 5. The van der Waals surface area contributed by atoms with Crippen molar-refractivity contribution in [2.24, 2.45) is 0 Å². The summed E-state index contributed by atoms with van der Waals surface area (Å²) in [4.78, 5) is 26.8. The molecule has 6 heteroatoms. The molecule has 2 atom stereocenters. The van der Waals surface area contributed by atoms with Gasteiger partial charge >= 0.3 is 11.4 Å². The number of nitrogens with zero attached hydrogens (tertiary/aromatic N) is 3. The van der Waals surface area contributed by atoms with E-state index in [2.05, 4.69) is 31.2 Å². The Morgan fingerprint density at radius 2 is 1.72 bits per heavy atom. The molecule has 1 fully saturated rings. The van der Waals surface area contributed by atoms with Gasteiger partial charge < -0.3 is 4.74 Å². The van der Waals surface area contributed by atoms with Gasteiger partial charge in [0.25, 0.3) is 0 Å². The van der Waals surface area contributed by atoms with Gasteiger partial charge in [0, 0.05) is 0 Å². The molecular weight excluding hydrogens is 402 g/mol. The van der Waals surface area contributed by atoms with Crippen molar-refractivity contribution >= 4 is 0 Å². The molecule has 0 N–H and O–H groups in total. The number of aryl methyl sites for hydroxylation is 1. The van der Waals surface area contributed by atoms with Gasteiger partial charge in [-0.2, -0.15) is 0 Å². The van der Waals surface area contributed by atoms with Crippen molar-refractivity contribution in [3.63, 3.8) is 0 Å². The number of hydrogen-bond donors (Lipinski definition) is 0. The van der Waals surface area contributed by atoms with Crippen molar-refractivity contribution in [1.29, 1.82) is 0 Å². The molecule has 0 amide bonds. The van der Waals surface area contributed by atoms with Crippen LogP contribution in [0.15, 0.2) is 75.5 Å². The van der Waals surface area contributed by atoms with E-state index in [-0.39, 0.29) is 17.4 Å². The van der Waals surface area contributed by atoms with Crippen LogP contribution in [0, 0.1) is 0 Å². The highest BCUT2D eigenvalue weighted by molar-refractivity contribution is 5.32. The van der Waals surface area contributed by atoms with Crippen LogP contribution in [0.25, 0.3) is 5.69 Å². The highest BCUT2D eigenvalue weighted by Gasteiger charge is 2.38. The van der Waals surface area contributed by atoms with Gasteiger partial charge in [0.05, 0.1) is 18.3 Å². The number of para-hydroxylation sites is 1. The molecule has 1 aliphatic heterocycles. The van der Waals surface area contributed by atoms with E-state index in [9.17, 15) is 9.59 Å². The van der Waals surface area contributed by atoms with Gasteiger partial charge in [0.15, 0.2) is 0 Å². The third-order valence-corrected chi connectivity index (χ3v) is 6.87. The summed E-state index contributed by atoms with van der Waals surface area (Å²) in [5.74, 6) is 1.19. The van der Waals surface area contributed by atoms with E-state index >= 15 is 0 Å². The molecule has 0 bridgehead atoms. The van der Waals surface area contributed by atoms with Crippen LogP contribution in [-0.2, 0) is 17.7 Å². The predicted molar refractivity (Wildman–Crippen MR) is 124 cm³/mol. The van der Waals surface area contributed by atoms with E-state index in [4.69, 9.17) is 4.74 Å². The molecule has 166 valence electrons. The van der Waals surface area contributed by atoms with Crippen molar-refractivity contribution in [2.75, 3.05) is 6.61 Å². The highest BCUT2D eigenvalue weighted by Crippen LogP contribution is 2.44. The molecule has 0 saturated heterocycles. The summed E-state index contributed by atoms with van der Waals surface area (Å²) < 4.78 is 10.5. The maximum absolute atomic E-state index is 13.5. The minimum Gasteiger partial charge on any atom is -0.496 e. The minimum atomic E-state index is -0.313. The largest absolute Gasteiger partial charge is 0.496 e. The molecule has 6 nitrogen and oxygen atoms in total. The molecule has 1 saturated carbocycles. The fourth-order valence-corrected chi connectivity index (χ4v) is 5.22. The topological polar surface area (TPSA) is 58.2 Å². The summed E-state index contributed by atoms with van der Waals surface area (Å²) in [7, 11) is 0. The number of fused-ring (bicyclic) bond motifs is 3. The summed E-state index contributed by atoms with van der Waals surface area (Å²) in [5.41, 5.74) is 3.80. The highest BCUT2D eigenvalue weighted by atomic mass is 16.5. The van der Waals surface area contributed by atoms with Gasteiger partial charge in [-0.25, -0.2) is 23.5 Å². The summed E-state index contributed by atoms with van der Waals surface area (Å²) >= 11 is 0. The first-order valence-electron chi connectivity index (χ1n) is 11.6. The van der Waals surface area contributed by atoms with E-state index in [1.165, 1.54) is 21.3 Å². The SMILES string of the molecule is CCOC1=C2CC[C@H](c3ccc(CC)cc3)C[C@H]2n2c(=O)n(-c3ccccc3)c(=O)n2C1. The maximum Gasteiger partial charge on any atom is 0.352 e. The van der Waals surface area contributed by atoms with E-state index < -0.39 is 0 Å². The monoisotopic (exact) mass is 431 g/mol. The van der Waals surface area contributed by atoms with Gasteiger partial charge in [0.2, 0.25) is 0 Å². The van der Waals surface area contributed by atoms with Crippen molar-refractivity contribution in [2.45, 2.75) is 58.0 Å². The Morgan fingerprint density at radius 1 is 0.969 bits per heavy atom. The smallest absolute Gasteiger partial charge is 0.352 e. The number of hydrogen-bond acceptors (Lipinski definition) is 3. The fourth-order valence-electron chi connectivity index (χ4n) is 5.22.